The van der Waals surface area contributed by atoms with Crippen LogP contribution in [-0.2, 0) is 0 Å². The van der Waals surface area contributed by atoms with Crippen LogP contribution in [0.2, 0.25) is 0 Å². The van der Waals surface area contributed by atoms with Crippen molar-refractivity contribution < 1.29 is 23.4 Å². The number of aromatic nitrogens is 1. The minimum atomic E-state index is -0.379. The number of anilines is 1. The van der Waals surface area contributed by atoms with Crippen LogP contribution in [0.1, 0.15) is 43.6 Å². The van der Waals surface area contributed by atoms with Crippen molar-refractivity contribution in [1.82, 2.24) is 4.98 Å². The van der Waals surface area contributed by atoms with Gasteiger partial charge in [-0.05, 0) is 64.4 Å². The molecule has 0 aliphatic heterocycles. The Balaban J connectivity index is 1.75. The van der Waals surface area contributed by atoms with Gasteiger partial charge in [0.25, 0.3) is 5.91 Å². The first-order valence-electron chi connectivity index (χ1n) is 9.88. The number of nitrogens with zero attached hydrogens (tertiary/aromatic N) is 1. The highest BCUT2D eigenvalue weighted by Crippen LogP contribution is 2.32. The quantitative estimate of drug-likeness (QED) is 0.447. The Kier molecular flexibility index (Phi) is 7.12. The molecule has 0 spiro atoms. The summed E-state index contributed by atoms with van der Waals surface area (Å²) in [4.78, 5) is 17.0. The molecule has 0 fully saturated rings. The van der Waals surface area contributed by atoms with Gasteiger partial charge in [-0.2, -0.15) is 0 Å². The Hall–Kier alpha value is -3.13. The van der Waals surface area contributed by atoms with Crippen LogP contribution in [-0.4, -0.2) is 23.1 Å². The lowest BCUT2D eigenvalue weighted by atomic mass is 10.2. The summed E-state index contributed by atoms with van der Waals surface area (Å²) in [7, 11) is 0. The number of carbonyl (C=O) groups is 1. The molecule has 0 saturated carbocycles. The molecule has 8 heteroatoms. The highest BCUT2D eigenvalue weighted by Gasteiger charge is 2.15. The Bertz CT molecular complexity index is 1020. The molecule has 0 unspecified atom stereocenters. The van der Waals surface area contributed by atoms with Crippen molar-refractivity contribution in [2.24, 2.45) is 0 Å². The molecule has 1 amide bonds. The smallest absolute Gasteiger partial charge is 0.257 e. The van der Waals surface area contributed by atoms with Gasteiger partial charge in [-0.25, -0.2) is 9.37 Å². The number of nitrogens with one attached hydrogen (secondary N) is 1. The van der Waals surface area contributed by atoms with Crippen LogP contribution in [0.25, 0.3) is 0 Å². The zero-order chi connectivity index (χ0) is 22.5. The summed E-state index contributed by atoms with van der Waals surface area (Å²) in [5.41, 5.74) is 1.13. The van der Waals surface area contributed by atoms with E-state index in [1.54, 1.807) is 31.2 Å². The second-order valence-electron chi connectivity index (χ2n) is 7.53. The average Bonchev–Trinajstić information content (AvgIpc) is 3.06. The van der Waals surface area contributed by atoms with Crippen LogP contribution in [0.3, 0.4) is 0 Å². The van der Waals surface area contributed by atoms with Crippen LogP contribution < -0.4 is 19.5 Å². The summed E-state index contributed by atoms with van der Waals surface area (Å²) in [5.74, 6) is 0.722. The summed E-state index contributed by atoms with van der Waals surface area (Å²) in [6, 6.07) is 9.50. The van der Waals surface area contributed by atoms with Crippen molar-refractivity contribution in [1.29, 1.82) is 0 Å². The van der Waals surface area contributed by atoms with Gasteiger partial charge in [0.1, 0.15) is 23.1 Å². The van der Waals surface area contributed by atoms with Crippen molar-refractivity contribution in [3.05, 3.63) is 59.5 Å². The van der Waals surface area contributed by atoms with Crippen molar-refractivity contribution in [3.63, 3.8) is 0 Å². The molecule has 1 aromatic heterocycles. The lowest BCUT2D eigenvalue weighted by Crippen LogP contribution is -2.14. The molecular weight excluding hydrogens is 419 g/mol. The zero-order valence-corrected chi connectivity index (χ0v) is 18.9. The molecule has 0 bridgehead atoms. The van der Waals surface area contributed by atoms with E-state index in [9.17, 15) is 9.18 Å². The van der Waals surface area contributed by atoms with E-state index in [0.717, 1.165) is 16.9 Å². The predicted molar refractivity (Wildman–Crippen MR) is 119 cm³/mol. The molecule has 1 N–H and O–H groups in total. The first kappa shape index (κ1) is 22.6. The molecule has 164 valence electrons. The Morgan fingerprint density at radius 2 is 1.61 bits per heavy atom. The maximum atomic E-state index is 13.5. The number of ether oxygens (including phenoxy) is 3. The number of hydrogen-bond acceptors (Lipinski definition) is 6. The van der Waals surface area contributed by atoms with Crippen molar-refractivity contribution in [2.75, 3.05) is 5.32 Å². The Morgan fingerprint density at radius 1 is 0.968 bits per heavy atom. The fourth-order valence-corrected chi connectivity index (χ4v) is 3.48. The summed E-state index contributed by atoms with van der Waals surface area (Å²) < 4.78 is 30.7. The van der Waals surface area contributed by atoms with Crippen molar-refractivity contribution in [3.8, 4) is 22.3 Å². The van der Waals surface area contributed by atoms with E-state index < -0.39 is 0 Å². The number of carbonyl (C=O) groups excluding carboxylic acids is 1. The maximum Gasteiger partial charge on any atom is 0.257 e. The number of hydrogen-bond donors (Lipinski definition) is 1. The SMILES string of the molecule is Cc1cc(F)cc(Oc2cnc(NC(=O)c3cc(OC(C)C)cc(OC(C)C)c3)s2)c1. The average molecular weight is 445 g/mol. The van der Waals surface area contributed by atoms with Gasteiger partial charge in [0.15, 0.2) is 5.13 Å². The predicted octanol–water partition coefficient (Wildman–Crippen LogP) is 6.21. The lowest BCUT2D eigenvalue weighted by molar-refractivity contribution is 0.102. The molecule has 0 atom stereocenters. The first-order chi connectivity index (χ1) is 14.7. The number of rotatable bonds is 8. The van der Waals surface area contributed by atoms with Crippen LogP contribution in [0.15, 0.2) is 42.6 Å². The maximum absolute atomic E-state index is 13.5. The van der Waals surface area contributed by atoms with Crippen LogP contribution in [0.4, 0.5) is 9.52 Å². The van der Waals surface area contributed by atoms with E-state index >= 15 is 0 Å². The third-order valence-electron chi connectivity index (χ3n) is 3.82. The fourth-order valence-electron chi connectivity index (χ4n) is 2.79. The van der Waals surface area contributed by atoms with Crippen LogP contribution in [0, 0.1) is 12.7 Å². The molecule has 2 aromatic carbocycles. The summed E-state index contributed by atoms with van der Waals surface area (Å²) >= 11 is 1.14. The Labute approximate surface area is 185 Å². The highest BCUT2D eigenvalue weighted by molar-refractivity contribution is 7.17. The van der Waals surface area contributed by atoms with E-state index in [0.29, 0.717) is 33.0 Å². The number of aryl methyl sites for hydroxylation is 1. The molecule has 3 aromatic rings. The highest BCUT2D eigenvalue weighted by atomic mass is 32.1. The fraction of sp³-hybridized carbons (Fsp3) is 0.304. The number of benzene rings is 2. The van der Waals surface area contributed by atoms with Crippen LogP contribution in [0.5, 0.6) is 22.3 Å². The summed E-state index contributed by atoms with van der Waals surface area (Å²) in [5, 5.41) is 3.54. The van der Waals surface area contributed by atoms with Gasteiger partial charge < -0.3 is 14.2 Å². The van der Waals surface area contributed by atoms with Crippen molar-refractivity contribution in [2.45, 2.75) is 46.8 Å². The molecule has 6 nitrogen and oxygen atoms in total. The van der Waals surface area contributed by atoms with Gasteiger partial charge in [0.05, 0.1) is 18.4 Å². The Morgan fingerprint density at radius 3 is 2.19 bits per heavy atom. The second-order valence-corrected chi connectivity index (χ2v) is 8.52. The number of amides is 1. The minimum Gasteiger partial charge on any atom is -0.491 e. The van der Waals surface area contributed by atoms with Gasteiger partial charge >= 0.3 is 0 Å². The summed E-state index contributed by atoms with van der Waals surface area (Å²) in [6.45, 7) is 9.42. The molecule has 0 aliphatic carbocycles. The largest absolute Gasteiger partial charge is 0.491 e. The topological polar surface area (TPSA) is 69.7 Å². The van der Waals surface area contributed by atoms with E-state index in [1.807, 2.05) is 27.7 Å². The monoisotopic (exact) mass is 444 g/mol. The second kappa shape index (κ2) is 9.78. The third kappa shape index (κ3) is 6.68. The molecule has 0 saturated heterocycles. The number of halogens is 1. The van der Waals surface area contributed by atoms with Gasteiger partial charge in [-0.1, -0.05) is 11.3 Å². The van der Waals surface area contributed by atoms with E-state index in [2.05, 4.69) is 10.3 Å². The standard InChI is InChI=1S/C23H25FN2O4S/c1-13(2)28-19-8-16(9-20(11-19)29-14(3)4)22(27)26-23-25-12-21(31-23)30-18-7-15(5)6-17(24)10-18/h6-14H,1-5H3,(H,25,26,27). The van der Waals surface area contributed by atoms with Crippen molar-refractivity contribution >= 4 is 22.4 Å². The van der Waals surface area contributed by atoms with E-state index in [1.165, 1.54) is 18.3 Å². The normalized spacial score (nSPS) is 11.0. The molecule has 3 rings (SSSR count). The number of thiazole rings is 1. The van der Waals surface area contributed by atoms with E-state index in [-0.39, 0.29) is 23.9 Å². The van der Waals surface area contributed by atoms with Gasteiger partial charge in [0, 0.05) is 17.7 Å². The van der Waals surface area contributed by atoms with Gasteiger partial charge in [-0.15, -0.1) is 0 Å². The molecule has 1 heterocycles. The van der Waals surface area contributed by atoms with Crippen LogP contribution >= 0.6 is 11.3 Å². The first-order valence-corrected chi connectivity index (χ1v) is 10.7. The molecule has 31 heavy (non-hydrogen) atoms. The summed E-state index contributed by atoms with van der Waals surface area (Å²) in [6.07, 6.45) is 1.39. The molecular formula is C23H25FN2O4S. The minimum absolute atomic E-state index is 0.0460. The zero-order valence-electron chi connectivity index (χ0n) is 18.1. The molecule has 0 radical (unpaired) electrons. The van der Waals surface area contributed by atoms with Gasteiger partial charge in [0.2, 0.25) is 5.06 Å². The molecule has 0 aliphatic rings. The van der Waals surface area contributed by atoms with E-state index in [4.69, 9.17) is 14.2 Å². The van der Waals surface area contributed by atoms with Gasteiger partial charge in [-0.3, -0.25) is 10.1 Å². The lowest BCUT2D eigenvalue weighted by Gasteiger charge is -2.15. The third-order valence-corrected chi connectivity index (χ3v) is 4.62.